The molecule has 1 fully saturated rings. The molecule has 0 saturated heterocycles. The Morgan fingerprint density at radius 2 is 2.38 bits per heavy atom. The summed E-state index contributed by atoms with van der Waals surface area (Å²) in [5.74, 6) is 0.549. The monoisotopic (exact) mass is 241 g/mol. The fourth-order valence-corrected chi connectivity index (χ4v) is 3.13. The number of carboxylic acids is 1. The van der Waals surface area contributed by atoms with Crippen LogP contribution in [-0.2, 0) is 6.42 Å². The lowest BCUT2D eigenvalue weighted by molar-refractivity contribution is 0.0690. The second kappa shape index (κ2) is 2.18. The van der Waals surface area contributed by atoms with Crippen LogP contribution in [0.3, 0.4) is 0 Å². The topological polar surface area (TPSA) is 53.1 Å². The van der Waals surface area contributed by atoms with E-state index in [0.29, 0.717) is 11.6 Å². The molecule has 2 aliphatic carbocycles. The maximum absolute atomic E-state index is 10.8. The maximum atomic E-state index is 10.8. The number of hydrogen-bond donors (Lipinski definition) is 2. The van der Waals surface area contributed by atoms with Gasteiger partial charge in [-0.25, -0.2) is 4.79 Å². The number of aromatic amines is 1. The summed E-state index contributed by atoms with van der Waals surface area (Å²) in [5.41, 5.74) is 2.67. The molecule has 0 radical (unpaired) electrons. The summed E-state index contributed by atoms with van der Waals surface area (Å²) in [5, 5.41) is 8.86. The van der Waals surface area contributed by atoms with Crippen LogP contribution < -0.4 is 0 Å². The Morgan fingerprint density at radius 1 is 1.62 bits per heavy atom. The molecule has 0 unspecified atom stereocenters. The number of H-pyrrole nitrogens is 1. The third-order valence-corrected chi connectivity index (χ3v) is 3.85. The van der Waals surface area contributed by atoms with Crippen LogP contribution in [0.2, 0.25) is 0 Å². The predicted octanol–water partition coefficient (Wildman–Crippen LogP) is 2.13. The van der Waals surface area contributed by atoms with E-state index in [2.05, 4.69) is 20.9 Å². The van der Waals surface area contributed by atoms with E-state index in [9.17, 15) is 4.79 Å². The molecule has 1 aromatic heterocycles. The van der Waals surface area contributed by atoms with Crippen molar-refractivity contribution in [2.24, 2.45) is 5.92 Å². The summed E-state index contributed by atoms with van der Waals surface area (Å²) in [4.78, 5) is 13.8. The molecule has 1 aromatic rings. The van der Waals surface area contributed by atoms with Crippen LogP contribution in [0.1, 0.15) is 34.1 Å². The van der Waals surface area contributed by atoms with Gasteiger partial charge in [-0.1, -0.05) is 0 Å². The average Bonchev–Trinajstić information content (AvgIpc) is 2.57. The van der Waals surface area contributed by atoms with Crippen LogP contribution in [0.4, 0.5) is 0 Å². The third kappa shape index (κ3) is 0.866. The smallest absolute Gasteiger partial charge is 0.353 e. The van der Waals surface area contributed by atoms with Crippen molar-refractivity contribution >= 4 is 21.9 Å². The number of carboxylic acid groups (broad SMARTS) is 1. The lowest BCUT2D eigenvalue weighted by Crippen LogP contribution is -1.98. The Labute approximate surface area is 83.3 Å². The molecular weight excluding hydrogens is 234 g/mol. The van der Waals surface area contributed by atoms with Gasteiger partial charge in [0.15, 0.2) is 0 Å². The molecule has 0 amide bonds. The first-order chi connectivity index (χ1) is 6.18. The minimum atomic E-state index is -0.876. The summed E-state index contributed by atoms with van der Waals surface area (Å²) in [7, 11) is 0. The van der Waals surface area contributed by atoms with Gasteiger partial charge in [0.1, 0.15) is 5.69 Å². The molecular formula is C9H8BrNO2. The van der Waals surface area contributed by atoms with Crippen LogP contribution >= 0.6 is 15.9 Å². The molecule has 2 aliphatic rings. The van der Waals surface area contributed by atoms with Crippen molar-refractivity contribution in [2.75, 3.05) is 0 Å². The molecule has 3 nitrogen and oxygen atoms in total. The van der Waals surface area contributed by atoms with E-state index in [0.717, 1.165) is 22.5 Å². The van der Waals surface area contributed by atoms with Crippen LogP contribution in [0.5, 0.6) is 0 Å². The van der Waals surface area contributed by atoms with Crippen molar-refractivity contribution in [3.8, 4) is 0 Å². The SMILES string of the molecule is O=C(O)c1[nH]c2c(c1Br)[C@H]1C[C@H]1C2. The van der Waals surface area contributed by atoms with Crippen molar-refractivity contribution in [1.29, 1.82) is 0 Å². The first-order valence-corrected chi connectivity index (χ1v) is 5.11. The summed E-state index contributed by atoms with van der Waals surface area (Å²) in [6.45, 7) is 0. The summed E-state index contributed by atoms with van der Waals surface area (Å²) < 4.78 is 0.778. The molecule has 0 aliphatic heterocycles. The second-order valence-electron chi connectivity index (χ2n) is 3.82. The van der Waals surface area contributed by atoms with E-state index in [-0.39, 0.29) is 0 Å². The highest BCUT2D eigenvalue weighted by atomic mass is 79.9. The lowest BCUT2D eigenvalue weighted by atomic mass is 10.2. The molecule has 0 bridgehead atoms. The average molecular weight is 242 g/mol. The van der Waals surface area contributed by atoms with Gasteiger partial charge in [0.05, 0.1) is 4.47 Å². The molecule has 1 heterocycles. The van der Waals surface area contributed by atoms with Crippen LogP contribution in [0, 0.1) is 5.92 Å². The van der Waals surface area contributed by atoms with Gasteiger partial charge in [0.2, 0.25) is 0 Å². The highest BCUT2D eigenvalue weighted by Gasteiger charge is 2.48. The fraction of sp³-hybridized carbons (Fsp3) is 0.444. The van der Waals surface area contributed by atoms with Crippen LogP contribution in [0.25, 0.3) is 0 Å². The van der Waals surface area contributed by atoms with Crippen molar-refractivity contribution in [2.45, 2.75) is 18.8 Å². The van der Waals surface area contributed by atoms with Gasteiger partial charge in [-0.2, -0.15) is 0 Å². The molecule has 2 atom stereocenters. The van der Waals surface area contributed by atoms with Crippen molar-refractivity contribution in [3.05, 3.63) is 21.4 Å². The molecule has 68 valence electrons. The molecule has 0 spiro atoms. The van der Waals surface area contributed by atoms with Gasteiger partial charge >= 0.3 is 5.97 Å². The lowest BCUT2D eigenvalue weighted by Gasteiger charge is -1.92. The Bertz CT molecular complexity index is 410. The number of fused-ring (bicyclic) bond motifs is 3. The number of aromatic carboxylic acids is 1. The van der Waals surface area contributed by atoms with E-state index >= 15 is 0 Å². The van der Waals surface area contributed by atoms with Gasteiger partial charge < -0.3 is 10.1 Å². The summed E-state index contributed by atoms with van der Waals surface area (Å²) >= 11 is 3.36. The maximum Gasteiger partial charge on any atom is 0.353 e. The van der Waals surface area contributed by atoms with Gasteiger partial charge in [-0.3, -0.25) is 0 Å². The van der Waals surface area contributed by atoms with Crippen LogP contribution in [-0.4, -0.2) is 16.1 Å². The summed E-state index contributed by atoms with van der Waals surface area (Å²) in [6, 6.07) is 0. The fourth-order valence-electron chi connectivity index (χ4n) is 2.32. The highest BCUT2D eigenvalue weighted by Crippen LogP contribution is 2.58. The quantitative estimate of drug-likeness (QED) is 0.792. The summed E-state index contributed by atoms with van der Waals surface area (Å²) in [6.07, 6.45) is 2.27. The number of rotatable bonds is 1. The van der Waals surface area contributed by atoms with E-state index in [4.69, 9.17) is 5.11 Å². The van der Waals surface area contributed by atoms with Gasteiger partial charge in [0.25, 0.3) is 0 Å². The minimum Gasteiger partial charge on any atom is -0.477 e. The number of nitrogens with one attached hydrogen (secondary N) is 1. The molecule has 2 N–H and O–H groups in total. The van der Waals surface area contributed by atoms with Crippen molar-refractivity contribution < 1.29 is 9.90 Å². The van der Waals surface area contributed by atoms with Gasteiger partial charge in [-0.15, -0.1) is 0 Å². The Kier molecular flexibility index (Phi) is 1.28. The second-order valence-corrected chi connectivity index (χ2v) is 4.61. The normalized spacial score (nSPS) is 28.4. The Hall–Kier alpha value is -0.770. The largest absolute Gasteiger partial charge is 0.477 e. The van der Waals surface area contributed by atoms with Crippen molar-refractivity contribution in [3.63, 3.8) is 0 Å². The zero-order chi connectivity index (χ0) is 9.16. The van der Waals surface area contributed by atoms with E-state index in [1.807, 2.05) is 0 Å². The van der Waals surface area contributed by atoms with Gasteiger partial charge in [0, 0.05) is 5.69 Å². The molecule has 4 heteroatoms. The standard InChI is InChI=1S/C9H8BrNO2/c10-7-6-4-1-3(4)2-5(6)11-8(7)9(12)13/h3-4,11H,1-2H2,(H,12,13)/t3-,4-/m0/s1. The minimum absolute atomic E-state index is 0.315. The third-order valence-electron chi connectivity index (χ3n) is 3.03. The molecule has 1 saturated carbocycles. The van der Waals surface area contributed by atoms with E-state index < -0.39 is 5.97 Å². The molecule has 3 rings (SSSR count). The van der Waals surface area contributed by atoms with Crippen LogP contribution in [0.15, 0.2) is 4.47 Å². The highest BCUT2D eigenvalue weighted by molar-refractivity contribution is 9.10. The molecule has 0 aromatic carbocycles. The predicted molar refractivity (Wildman–Crippen MR) is 50.0 cm³/mol. The first kappa shape index (κ1) is 7.62. The van der Waals surface area contributed by atoms with Gasteiger partial charge in [-0.05, 0) is 46.2 Å². The number of halogens is 1. The van der Waals surface area contributed by atoms with E-state index in [1.54, 1.807) is 0 Å². The Balaban J connectivity index is 2.17. The molecule has 13 heavy (non-hydrogen) atoms. The number of hydrogen-bond acceptors (Lipinski definition) is 1. The van der Waals surface area contributed by atoms with E-state index in [1.165, 1.54) is 12.0 Å². The number of carbonyl (C=O) groups is 1. The number of aromatic nitrogens is 1. The first-order valence-electron chi connectivity index (χ1n) is 4.32. The van der Waals surface area contributed by atoms with Crippen molar-refractivity contribution in [1.82, 2.24) is 4.98 Å². The zero-order valence-corrected chi connectivity index (χ0v) is 8.39. The zero-order valence-electron chi connectivity index (χ0n) is 6.80. The Morgan fingerprint density at radius 3 is 3.00 bits per heavy atom.